The summed E-state index contributed by atoms with van der Waals surface area (Å²) in [4.78, 5) is 13.5. The van der Waals surface area contributed by atoms with Crippen LogP contribution in [0.4, 0.5) is 0 Å². The van der Waals surface area contributed by atoms with E-state index in [1.807, 2.05) is 6.92 Å². The van der Waals surface area contributed by atoms with Gasteiger partial charge in [-0.2, -0.15) is 0 Å². The molecule has 0 aromatic heterocycles. The van der Waals surface area contributed by atoms with Crippen LogP contribution >= 0.6 is 0 Å². The second-order valence-electron chi connectivity index (χ2n) is 9.67. The lowest BCUT2D eigenvalue weighted by Gasteiger charge is -2.25. The number of carbonyl (C=O) groups is 1. The third-order valence-electron chi connectivity index (χ3n) is 7.80. The minimum Gasteiger partial charge on any atom is -0.343 e. The van der Waals surface area contributed by atoms with Crippen molar-refractivity contribution in [3.63, 3.8) is 0 Å². The fourth-order valence-electron chi connectivity index (χ4n) is 5.91. The molecule has 0 spiro atoms. The highest BCUT2D eigenvalue weighted by atomic mass is 16.1. The van der Waals surface area contributed by atoms with Crippen molar-refractivity contribution in [1.29, 1.82) is 0 Å². The zero-order chi connectivity index (χ0) is 21.0. The summed E-state index contributed by atoms with van der Waals surface area (Å²) >= 11 is 0. The lowest BCUT2D eigenvalue weighted by molar-refractivity contribution is 0.0940. The van der Waals surface area contributed by atoms with Crippen LogP contribution in [0.3, 0.4) is 0 Å². The number of benzene rings is 2. The van der Waals surface area contributed by atoms with E-state index in [0.29, 0.717) is 0 Å². The molecule has 1 amide bonds. The molecule has 1 saturated carbocycles. The Morgan fingerprint density at radius 3 is 2.71 bits per heavy atom. The van der Waals surface area contributed by atoms with Crippen LogP contribution in [-0.4, -0.2) is 24.5 Å². The lowest BCUT2D eigenvalue weighted by Crippen LogP contribution is -2.44. The largest absolute Gasteiger partial charge is 0.343 e. The Bertz CT molecular complexity index is 1250. The third kappa shape index (κ3) is 3.18. The van der Waals surface area contributed by atoms with Crippen molar-refractivity contribution in [1.82, 2.24) is 10.6 Å². The standard InChI is InChI=1S/C28H30N2O/c1-18-5-6-22(19-11-15-29-16-12-19)17-24(18)27(31)30-28(13-14-28)25-10-9-21-8-7-20-3-2-4-23(25)26(20)21/h2-6,11,17,29H,7-10,12-16H2,1H3,(H,30,31). The number of aryl methyl sites for hydroxylation is 2. The van der Waals surface area contributed by atoms with E-state index in [9.17, 15) is 4.79 Å². The van der Waals surface area contributed by atoms with E-state index < -0.39 is 0 Å². The number of hydrogen-bond donors (Lipinski definition) is 2. The molecule has 158 valence electrons. The second kappa shape index (κ2) is 7.20. The SMILES string of the molecule is Cc1ccc(C2=CCNCC2)cc1C(=O)NC1(C2=c3cccc4c3=C(CC2)CC4)CC1. The summed E-state index contributed by atoms with van der Waals surface area (Å²) in [6.07, 6.45) is 10.0. The molecule has 3 aliphatic carbocycles. The average Bonchev–Trinajstić information content (AvgIpc) is 3.45. The first kappa shape index (κ1) is 19.1. The van der Waals surface area contributed by atoms with Crippen molar-refractivity contribution in [3.05, 3.63) is 75.2 Å². The minimum absolute atomic E-state index is 0.0845. The molecular formula is C28H30N2O. The highest BCUT2D eigenvalue weighted by Crippen LogP contribution is 2.46. The molecule has 0 bridgehead atoms. The number of carbonyl (C=O) groups excluding carboxylic acids is 1. The van der Waals surface area contributed by atoms with Gasteiger partial charge in [0.15, 0.2) is 0 Å². The van der Waals surface area contributed by atoms with Gasteiger partial charge in [-0.05, 0) is 103 Å². The van der Waals surface area contributed by atoms with Gasteiger partial charge in [-0.15, -0.1) is 0 Å². The number of rotatable bonds is 4. The Labute approximate surface area is 183 Å². The Morgan fingerprint density at radius 2 is 1.90 bits per heavy atom. The van der Waals surface area contributed by atoms with Crippen molar-refractivity contribution in [2.24, 2.45) is 0 Å². The predicted octanol–water partition coefficient (Wildman–Crippen LogP) is 3.38. The van der Waals surface area contributed by atoms with Gasteiger partial charge in [-0.1, -0.05) is 42.0 Å². The van der Waals surface area contributed by atoms with Crippen LogP contribution < -0.4 is 21.1 Å². The molecule has 1 fully saturated rings. The maximum absolute atomic E-state index is 13.5. The van der Waals surface area contributed by atoms with Crippen LogP contribution in [0.1, 0.15) is 65.6 Å². The molecule has 2 aromatic rings. The molecule has 0 atom stereocenters. The van der Waals surface area contributed by atoms with Crippen molar-refractivity contribution in [3.8, 4) is 0 Å². The van der Waals surface area contributed by atoms with E-state index in [0.717, 1.165) is 56.3 Å². The van der Waals surface area contributed by atoms with E-state index in [2.05, 4.69) is 53.1 Å². The van der Waals surface area contributed by atoms with Crippen molar-refractivity contribution in [2.75, 3.05) is 13.1 Å². The Balaban J connectivity index is 1.36. The van der Waals surface area contributed by atoms with Crippen molar-refractivity contribution >= 4 is 22.6 Å². The molecule has 0 saturated heterocycles. The molecule has 31 heavy (non-hydrogen) atoms. The van der Waals surface area contributed by atoms with Crippen LogP contribution in [0.5, 0.6) is 0 Å². The van der Waals surface area contributed by atoms with E-state index in [4.69, 9.17) is 0 Å². The van der Waals surface area contributed by atoms with E-state index in [1.54, 1.807) is 5.57 Å². The van der Waals surface area contributed by atoms with Gasteiger partial charge in [0.2, 0.25) is 0 Å². The zero-order valence-corrected chi connectivity index (χ0v) is 18.3. The quantitative estimate of drug-likeness (QED) is 0.811. The number of amides is 1. The Hall–Kier alpha value is -2.65. The maximum Gasteiger partial charge on any atom is 0.252 e. The summed E-state index contributed by atoms with van der Waals surface area (Å²) in [5.41, 5.74) is 8.88. The Morgan fingerprint density at radius 1 is 1.03 bits per heavy atom. The van der Waals surface area contributed by atoms with Crippen LogP contribution in [0.15, 0.2) is 42.5 Å². The number of hydrogen-bond acceptors (Lipinski definition) is 2. The zero-order valence-electron chi connectivity index (χ0n) is 18.3. The van der Waals surface area contributed by atoms with Gasteiger partial charge in [0.1, 0.15) is 0 Å². The van der Waals surface area contributed by atoms with E-state index in [1.165, 1.54) is 45.6 Å². The van der Waals surface area contributed by atoms with Gasteiger partial charge in [0.05, 0.1) is 5.54 Å². The summed E-state index contributed by atoms with van der Waals surface area (Å²) in [5, 5.41) is 9.80. The topological polar surface area (TPSA) is 41.1 Å². The molecule has 0 unspecified atom stereocenters. The molecule has 4 aliphatic rings. The van der Waals surface area contributed by atoms with Gasteiger partial charge in [0.25, 0.3) is 5.91 Å². The second-order valence-corrected chi connectivity index (χ2v) is 9.67. The first-order valence-electron chi connectivity index (χ1n) is 11.8. The fraction of sp³-hybridized carbons (Fsp3) is 0.393. The summed E-state index contributed by atoms with van der Waals surface area (Å²) in [6, 6.07) is 13.2. The molecule has 1 aliphatic heterocycles. The molecule has 2 aromatic carbocycles. The average molecular weight is 411 g/mol. The number of nitrogens with one attached hydrogen (secondary N) is 2. The van der Waals surface area contributed by atoms with Gasteiger partial charge in [-0.3, -0.25) is 4.79 Å². The Kier molecular flexibility index (Phi) is 4.43. The van der Waals surface area contributed by atoms with Gasteiger partial charge >= 0.3 is 0 Å². The molecule has 1 heterocycles. The van der Waals surface area contributed by atoms with Crippen molar-refractivity contribution < 1.29 is 4.79 Å². The minimum atomic E-state index is -0.142. The molecule has 3 nitrogen and oxygen atoms in total. The highest BCUT2D eigenvalue weighted by molar-refractivity contribution is 5.98. The predicted molar refractivity (Wildman–Crippen MR) is 126 cm³/mol. The summed E-state index contributed by atoms with van der Waals surface area (Å²) in [7, 11) is 0. The van der Waals surface area contributed by atoms with Crippen LogP contribution in [0.25, 0.3) is 16.7 Å². The molecule has 3 heteroatoms. The monoisotopic (exact) mass is 410 g/mol. The third-order valence-corrected chi connectivity index (χ3v) is 7.80. The molecule has 0 radical (unpaired) electrons. The van der Waals surface area contributed by atoms with E-state index in [-0.39, 0.29) is 11.4 Å². The maximum atomic E-state index is 13.5. The van der Waals surface area contributed by atoms with Crippen LogP contribution in [0, 0.1) is 6.92 Å². The molecular weight excluding hydrogens is 380 g/mol. The van der Waals surface area contributed by atoms with Crippen molar-refractivity contribution in [2.45, 2.75) is 57.4 Å². The molecule has 6 rings (SSSR count). The van der Waals surface area contributed by atoms with Crippen LogP contribution in [-0.2, 0) is 6.42 Å². The summed E-state index contributed by atoms with van der Waals surface area (Å²) in [5.74, 6) is 0.0845. The highest BCUT2D eigenvalue weighted by Gasteiger charge is 2.48. The summed E-state index contributed by atoms with van der Waals surface area (Å²) < 4.78 is 0. The van der Waals surface area contributed by atoms with Gasteiger partial charge < -0.3 is 10.6 Å². The molecule has 2 N–H and O–H groups in total. The van der Waals surface area contributed by atoms with Gasteiger partial charge in [0, 0.05) is 12.1 Å². The smallest absolute Gasteiger partial charge is 0.252 e. The fourth-order valence-corrected chi connectivity index (χ4v) is 5.91. The first-order chi connectivity index (χ1) is 15.1. The summed E-state index contributed by atoms with van der Waals surface area (Å²) in [6.45, 7) is 3.96. The van der Waals surface area contributed by atoms with E-state index >= 15 is 0 Å². The first-order valence-corrected chi connectivity index (χ1v) is 11.8. The van der Waals surface area contributed by atoms with Crippen LogP contribution in [0.2, 0.25) is 0 Å². The normalized spacial score (nSPS) is 20.9. The van der Waals surface area contributed by atoms with Gasteiger partial charge in [-0.25, -0.2) is 0 Å². The lowest BCUT2D eigenvalue weighted by atomic mass is 9.88.